The van der Waals surface area contributed by atoms with Crippen LogP contribution in [0.4, 0.5) is 5.69 Å². The number of fused-ring (bicyclic) bond motifs is 1. The first-order valence-electron chi connectivity index (χ1n) is 13.1. The van der Waals surface area contributed by atoms with Gasteiger partial charge in [-0.2, -0.15) is 0 Å². The number of anilines is 1. The average molecular weight is 516 g/mol. The Bertz CT molecular complexity index is 1320. The summed E-state index contributed by atoms with van der Waals surface area (Å²) >= 11 is 0. The van der Waals surface area contributed by atoms with Crippen LogP contribution >= 0.6 is 0 Å². The Morgan fingerprint density at radius 2 is 1.63 bits per heavy atom. The number of amides is 1. The summed E-state index contributed by atoms with van der Waals surface area (Å²) in [5.74, 6) is 1.22. The Kier molecular flexibility index (Phi) is 7.81. The number of aromatic hydroxyl groups is 1. The summed E-state index contributed by atoms with van der Waals surface area (Å²) in [6, 6.07) is 18.1. The number of carbonyl (C=O) groups excluding carboxylic acids is 2. The number of esters is 1. The minimum absolute atomic E-state index is 0.0990. The molecule has 6 heteroatoms. The second kappa shape index (κ2) is 10.9. The molecule has 1 N–H and O–H groups in total. The molecule has 0 aromatic heterocycles. The van der Waals surface area contributed by atoms with Crippen molar-refractivity contribution in [2.45, 2.75) is 65.8 Å². The van der Waals surface area contributed by atoms with Crippen LogP contribution in [0.3, 0.4) is 0 Å². The molecule has 0 saturated carbocycles. The summed E-state index contributed by atoms with van der Waals surface area (Å²) in [4.78, 5) is 27.8. The highest BCUT2D eigenvalue weighted by Gasteiger charge is 2.29. The van der Waals surface area contributed by atoms with Gasteiger partial charge in [0.15, 0.2) is 0 Å². The molecule has 4 rings (SSSR count). The quantitative estimate of drug-likeness (QED) is 0.293. The lowest BCUT2D eigenvalue weighted by Gasteiger charge is -2.33. The van der Waals surface area contributed by atoms with E-state index >= 15 is 0 Å². The Morgan fingerprint density at radius 3 is 2.26 bits per heavy atom. The molecule has 0 radical (unpaired) electrons. The molecule has 1 amide bonds. The van der Waals surface area contributed by atoms with Crippen molar-refractivity contribution >= 4 is 17.6 Å². The highest BCUT2D eigenvalue weighted by atomic mass is 16.5. The SMILES string of the molecule is COc1ccc(C2CCc3cc(OC(=O)C(C)(C)C)ccc3C2)c(N(C(=O)c2ccc(O)cc2)C(C)C)c1. The Balaban J connectivity index is 1.66. The van der Waals surface area contributed by atoms with Crippen molar-refractivity contribution in [3.8, 4) is 17.2 Å². The first-order chi connectivity index (χ1) is 18.0. The van der Waals surface area contributed by atoms with Gasteiger partial charge in [0.25, 0.3) is 5.91 Å². The van der Waals surface area contributed by atoms with E-state index in [4.69, 9.17) is 9.47 Å². The van der Waals surface area contributed by atoms with Crippen molar-refractivity contribution in [3.63, 3.8) is 0 Å². The third-order valence-electron chi connectivity index (χ3n) is 7.02. The summed E-state index contributed by atoms with van der Waals surface area (Å²) in [6.07, 6.45) is 2.57. The fraction of sp³-hybridized carbons (Fsp3) is 0.375. The topological polar surface area (TPSA) is 76.1 Å². The number of benzene rings is 3. The highest BCUT2D eigenvalue weighted by Crippen LogP contribution is 2.41. The number of ether oxygens (including phenoxy) is 2. The van der Waals surface area contributed by atoms with Crippen molar-refractivity contribution < 1.29 is 24.2 Å². The summed E-state index contributed by atoms with van der Waals surface area (Å²) < 4.78 is 11.2. The minimum atomic E-state index is -0.564. The Morgan fingerprint density at radius 1 is 0.947 bits per heavy atom. The van der Waals surface area contributed by atoms with Crippen LogP contribution in [-0.2, 0) is 17.6 Å². The molecule has 6 nitrogen and oxygen atoms in total. The van der Waals surface area contributed by atoms with Gasteiger partial charge in [-0.1, -0.05) is 12.1 Å². The number of phenolic OH excluding ortho intramolecular Hbond substituents is 1. The van der Waals surface area contributed by atoms with Crippen LogP contribution in [0.2, 0.25) is 0 Å². The molecule has 0 saturated heterocycles. The van der Waals surface area contributed by atoms with Gasteiger partial charge in [0.2, 0.25) is 0 Å². The van der Waals surface area contributed by atoms with Crippen molar-refractivity contribution in [1.82, 2.24) is 0 Å². The second-order valence-electron chi connectivity index (χ2n) is 11.3. The molecule has 38 heavy (non-hydrogen) atoms. The number of nitrogens with zero attached hydrogens (tertiary/aromatic N) is 1. The van der Waals surface area contributed by atoms with Gasteiger partial charge in [-0.15, -0.1) is 0 Å². The van der Waals surface area contributed by atoms with Gasteiger partial charge in [-0.25, -0.2) is 0 Å². The zero-order chi connectivity index (χ0) is 27.6. The standard InChI is InChI=1S/C32H37NO5/c1-20(2)33(30(35)21-9-12-25(34)13-10-21)29-19-26(37-6)15-16-28(29)24-8-7-23-18-27(14-11-22(23)17-24)38-31(36)32(3,4)5/h9-16,18-20,24,34H,7-8,17H2,1-6H3. The van der Waals surface area contributed by atoms with E-state index in [0.717, 1.165) is 30.5 Å². The van der Waals surface area contributed by atoms with Crippen LogP contribution < -0.4 is 14.4 Å². The van der Waals surface area contributed by atoms with Crippen LogP contribution in [0.15, 0.2) is 60.7 Å². The van der Waals surface area contributed by atoms with Crippen molar-refractivity contribution in [3.05, 3.63) is 82.9 Å². The van der Waals surface area contributed by atoms with Crippen LogP contribution in [0.25, 0.3) is 0 Å². The molecule has 0 fully saturated rings. The number of aryl methyl sites for hydroxylation is 1. The molecule has 3 aromatic rings. The lowest BCUT2D eigenvalue weighted by molar-refractivity contribution is -0.143. The summed E-state index contributed by atoms with van der Waals surface area (Å²) in [7, 11) is 1.63. The second-order valence-corrected chi connectivity index (χ2v) is 11.3. The third-order valence-corrected chi connectivity index (χ3v) is 7.02. The molecule has 200 valence electrons. The van der Waals surface area contributed by atoms with E-state index in [-0.39, 0.29) is 29.6 Å². The van der Waals surface area contributed by atoms with Gasteiger partial charge in [-0.05, 0) is 119 Å². The maximum absolute atomic E-state index is 13.7. The number of rotatable bonds is 6. The third kappa shape index (κ3) is 5.85. The largest absolute Gasteiger partial charge is 0.508 e. The molecule has 0 spiro atoms. The molecule has 3 aromatic carbocycles. The minimum Gasteiger partial charge on any atom is -0.508 e. The normalized spacial score (nSPS) is 15.1. The van der Waals surface area contributed by atoms with Crippen molar-refractivity contribution in [2.24, 2.45) is 5.41 Å². The fourth-order valence-electron chi connectivity index (χ4n) is 4.89. The van der Waals surface area contributed by atoms with Crippen molar-refractivity contribution in [2.75, 3.05) is 12.0 Å². The van der Waals surface area contributed by atoms with E-state index in [1.54, 1.807) is 19.2 Å². The van der Waals surface area contributed by atoms with Crippen LogP contribution in [0, 0.1) is 5.41 Å². The number of phenols is 1. The zero-order valence-corrected chi connectivity index (χ0v) is 23.1. The maximum Gasteiger partial charge on any atom is 0.316 e. The van der Waals surface area contributed by atoms with Gasteiger partial charge >= 0.3 is 5.97 Å². The summed E-state index contributed by atoms with van der Waals surface area (Å²) in [6.45, 7) is 9.53. The fourth-order valence-corrected chi connectivity index (χ4v) is 4.89. The van der Waals surface area contributed by atoms with E-state index in [0.29, 0.717) is 17.1 Å². The number of hydrogen-bond acceptors (Lipinski definition) is 5. The van der Waals surface area contributed by atoms with Gasteiger partial charge in [0, 0.05) is 17.7 Å². The average Bonchev–Trinajstić information content (AvgIpc) is 2.88. The summed E-state index contributed by atoms with van der Waals surface area (Å²) in [5, 5.41) is 9.70. The van der Waals surface area contributed by atoms with Crippen LogP contribution in [0.5, 0.6) is 17.2 Å². The van der Waals surface area contributed by atoms with Crippen LogP contribution in [-0.4, -0.2) is 30.1 Å². The number of hydrogen-bond donors (Lipinski definition) is 1. The van der Waals surface area contributed by atoms with Gasteiger partial charge in [0.1, 0.15) is 17.2 Å². The van der Waals surface area contributed by atoms with Crippen LogP contribution in [0.1, 0.15) is 74.0 Å². The lowest BCUT2D eigenvalue weighted by atomic mass is 9.79. The van der Waals surface area contributed by atoms with Gasteiger partial charge in [0.05, 0.1) is 18.2 Å². The van der Waals surface area contributed by atoms with E-state index in [9.17, 15) is 14.7 Å². The Hall–Kier alpha value is -3.80. The number of methoxy groups -OCH3 is 1. The van der Waals surface area contributed by atoms with E-state index in [1.807, 2.05) is 63.8 Å². The first-order valence-corrected chi connectivity index (χ1v) is 13.1. The smallest absolute Gasteiger partial charge is 0.316 e. The Labute approximate surface area is 225 Å². The highest BCUT2D eigenvalue weighted by molar-refractivity contribution is 6.07. The molecule has 0 bridgehead atoms. The molecule has 0 heterocycles. The monoisotopic (exact) mass is 515 g/mol. The first kappa shape index (κ1) is 27.2. The predicted molar refractivity (Wildman–Crippen MR) is 149 cm³/mol. The van der Waals surface area contributed by atoms with Gasteiger partial charge < -0.3 is 19.5 Å². The maximum atomic E-state index is 13.7. The lowest BCUT2D eigenvalue weighted by Crippen LogP contribution is -2.38. The van der Waals surface area contributed by atoms with Gasteiger partial charge in [-0.3, -0.25) is 9.59 Å². The van der Waals surface area contributed by atoms with E-state index in [1.165, 1.54) is 23.3 Å². The zero-order valence-electron chi connectivity index (χ0n) is 23.1. The molecule has 1 unspecified atom stereocenters. The molecular formula is C32H37NO5. The van der Waals surface area contributed by atoms with E-state index in [2.05, 4.69) is 12.1 Å². The van der Waals surface area contributed by atoms with E-state index < -0.39 is 5.41 Å². The number of carbonyl (C=O) groups is 2. The molecule has 1 aliphatic carbocycles. The molecule has 1 aliphatic rings. The van der Waals surface area contributed by atoms with Crippen molar-refractivity contribution in [1.29, 1.82) is 0 Å². The molecule has 0 aliphatic heterocycles. The predicted octanol–water partition coefficient (Wildman–Crippen LogP) is 6.68. The molecule has 1 atom stereocenters. The summed E-state index contributed by atoms with van der Waals surface area (Å²) in [5.41, 5.74) is 4.29. The molecular weight excluding hydrogens is 478 g/mol.